The highest BCUT2D eigenvalue weighted by Gasteiger charge is 2.19. The lowest BCUT2D eigenvalue weighted by molar-refractivity contribution is 0.503. The summed E-state index contributed by atoms with van der Waals surface area (Å²) in [6.45, 7) is 8.39. The fourth-order valence-electron chi connectivity index (χ4n) is 2.45. The van der Waals surface area contributed by atoms with Gasteiger partial charge in [-0.05, 0) is 37.4 Å². The van der Waals surface area contributed by atoms with Crippen molar-refractivity contribution in [2.75, 3.05) is 6.54 Å². The van der Waals surface area contributed by atoms with Crippen molar-refractivity contribution in [3.8, 4) is 0 Å². The molecule has 1 atom stereocenters. The molecule has 1 unspecified atom stereocenters. The highest BCUT2D eigenvalue weighted by Crippen LogP contribution is 2.24. The standard InChI is InChI=1S/C16H24N4/c1-4-10-17-16(14-9-7-6-8-13(14)3)15-12-18-19-20(15)11-5-2/h6-9,12,16-17H,4-5,10-11H2,1-3H3. The van der Waals surface area contributed by atoms with Gasteiger partial charge in [-0.3, -0.25) is 0 Å². The van der Waals surface area contributed by atoms with Crippen molar-refractivity contribution in [2.24, 2.45) is 0 Å². The van der Waals surface area contributed by atoms with Crippen LogP contribution in [-0.2, 0) is 6.54 Å². The van der Waals surface area contributed by atoms with Crippen LogP contribution in [0.2, 0.25) is 0 Å². The molecule has 0 fully saturated rings. The van der Waals surface area contributed by atoms with Gasteiger partial charge in [-0.2, -0.15) is 0 Å². The lowest BCUT2D eigenvalue weighted by atomic mass is 9.99. The zero-order chi connectivity index (χ0) is 14.4. The van der Waals surface area contributed by atoms with E-state index in [0.717, 1.165) is 31.6 Å². The maximum Gasteiger partial charge on any atom is 0.0802 e. The van der Waals surface area contributed by atoms with Crippen molar-refractivity contribution >= 4 is 0 Å². The first-order valence-corrected chi connectivity index (χ1v) is 7.45. The summed E-state index contributed by atoms with van der Waals surface area (Å²) in [5.74, 6) is 0. The second kappa shape index (κ2) is 7.20. The van der Waals surface area contributed by atoms with Crippen molar-refractivity contribution in [1.29, 1.82) is 0 Å². The second-order valence-electron chi connectivity index (χ2n) is 5.13. The Morgan fingerprint density at radius 1 is 1.20 bits per heavy atom. The molecule has 0 bridgehead atoms. The van der Waals surface area contributed by atoms with E-state index >= 15 is 0 Å². The van der Waals surface area contributed by atoms with E-state index in [0.29, 0.717) is 0 Å². The Bertz CT molecular complexity index is 533. The van der Waals surface area contributed by atoms with Gasteiger partial charge in [0.05, 0.1) is 17.9 Å². The summed E-state index contributed by atoms with van der Waals surface area (Å²) in [6.07, 6.45) is 4.05. The predicted molar refractivity (Wildman–Crippen MR) is 81.6 cm³/mol. The first-order chi connectivity index (χ1) is 9.77. The fraction of sp³-hybridized carbons (Fsp3) is 0.500. The molecule has 1 aromatic carbocycles. The SMILES string of the molecule is CCCNC(c1ccccc1C)c1cnnn1CCC. The van der Waals surface area contributed by atoms with E-state index in [1.807, 2.05) is 10.9 Å². The molecule has 0 aliphatic carbocycles. The minimum absolute atomic E-state index is 0.165. The van der Waals surface area contributed by atoms with Crippen molar-refractivity contribution in [1.82, 2.24) is 20.3 Å². The summed E-state index contributed by atoms with van der Waals surface area (Å²) in [7, 11) is 0. The van der Waals surface area contributed by atoms with Crippen LogP contribution in [0.1, 0.15) is 49.6 Å². The number of rotatable bonds is 7. The molecule has 0 radical (unpaired) electrons. The Kier molecular flexibility index (Phi) is 5.30. The number of nitrogens with one attached hydrogen (secondary N) is 1. The van der Waals surface area contributed by atoms with Gasteiger partial charge in [0.25, 0.3) is 0 Å². The molecule has 0 saturated heterocycles. The zero-order valence-corrected chi connectivity index (χ0v) is 12.6. The minimum Gasteiger partial charge on any atom is -0.305 e. The Morgan fingerprint density at radius 3 is 2.70 bits per heavy atom. The van der Waals surface area contributed by atoms with Crippen LogP contribution in [-0.4, -0.2) is 21.5 Å². The van der Waals surface area contributed by atoms with Gasteiger partial charge in [0.15, 0.2) is 0 Å². The summed E-state index contributed by atoms with van der Waals surface area (Å²) >= 11 is 0. The van der Waals surface area contributed by atoms with Crippen LogP contribution in [0.5, 0.6) is 0 Å². The topological polar surface area (TPSA) is 42.7 Å². The van der Waals surface area contributed by atoms with E-state index in [2.05, 4.69) is 60.7 Å². The molecule has 108 valence electrons. The van der Waals surface area contributed by atoms with Gasteiger partial charge in [-0.25, -0.2) is 4.68 Å². The highest BCUT2D eigenvalue weighted by molar-refractivity contribution is 5.33. The summed E-state index contributed by atoms with van der Waals surface area (Å²) in [6, 6.07) is 8.68. The van der Waals surface area contributed by atoms with Gasteiger partial charge in [0, 0.05) is 6.54 Å². The third kappa shape index (κ3) is 3.25. The predicted octanol–water partition coefficient (Wildman–Crippen LogP) is 3.09. The molecule has 1 heterocycles. The summed E-state index contributed by atoms with van der Waals surface area (Å²) in [4.78, 5) is 0. The highest BCUT2D eigenvalue weighted by atomic mass is 15.4. The first kappa shape index (κ1) is 14.7. The summed E-state index contributed by atoms with van der Waals surface area (Å²) < 4.78 is 2.01. The van der Waals surface area contributed by atoms with E-state index in [1.165, 1.54) is 11.1 Å². The van der Waals surface area contributed by atoms with Crippen LogP contribution in [0.15, 0.2) is 30.5 Å². The lowest BCUT2D eigenvalue weighted by Crippen LogP contribution is -2.26. The number of hydrogen-bond donors (Lipinski definition) is 1. The molecule has 4 nitrogen and oxygen atoms in total. The molecule has 0 aliphatic heterocycles. The molecular weight excluding hydrogens is 248 g/mol. The average Bonchev–Trinajstić information content (AvgIpc) is 2.90. The Balaban J connectivity index is 2.37. The fourth-order valence-corrected chi connectivity index (χ4v) is 2.45. The third-order valence-corrected chi connectivity index (χ3v) is 3.48. The van der Waals surface area contributed by atoms with Crippen molar-refractivity contribution in [3.05, 3.63) is 47.3 Å². The van der Waals surface area contributed by atoms with Crippen LogP contribution in [0, 0.1) is 6.92 Å². The average molecular weight is 272 g/mol. The quantitative estimate of drug-likeness (QED) is 0.842. The van der Waals surface area contributed by atoms with Crippen LogP contribution < -0.4 is 5.32 Å². The van der Waals surface area contributed by atoms with E-state index in [4.69, 9.17) is 0 Å². The van der Waals surface area contributed by atoms with Gasteiger partial charge in [0.1, 0.15) is 0 Å². The number of hydrogen-bond acceptors (Lipinski definition) is 3. The Morgan fingerprint density at radius 2 is 2.00 bits per heavy atom. The van der Waals surface area contributed by atoms with Crippen LogP contribution in [0.25, 0.3) is 0 Å². The molecule has 0 amide bonds. The van der Waals surface area contributed by atoms with Gasteiger partial charge in [0.2, 0.25) is 0 Å². The molecule has 2 aromatic rings. The first-order valence-electron chi connectivity index (χ1n) is 7.45. The molecular formula is C16H24N4. The second-order valence-corrected chi connectivity index (χ2v) is 5.13. The summed E-state index contributed by atoms with van der Waals surface area (Å²) in [5.41, 5.74) is 3.75. The Labute approximate surface area is 121 Å². The van der Waals surface area contributed by atoms with Crippen LogP contribution in [0.3, 0.4) is 0 Å². The molecule has 1 aromatic heterocycles. The minimum atomic E-state index is 0.165. The molecule has 0 spiro atoms. The smallest absolute Gasteiger partial charge is 0.0802 e. The van der Waals surface area contributed by atoms with E-state index in [1.54, 1.807) is 0 Å². The molecule has 4 heteroatoms. The van der Waals surface area contributed by atoms with Gasteiger partial charge in [-0.15, -0.1) is 5.10 Å². The van der Waals surface area contributed by atoms with E-state index in [-0.39, 0.29) is 6.04 Å². The summed E-state index contributed by atoms with van der Waals surface area (Å²) in [5, 5.41) is 11.9. The molecule has 2 rings (SSSR count). The third-order valence-electron chi connectivity index (χ3n) is 3.48. The lowest BCUT2D eigenvalue weighted by Gasteiger charge is -2.21. The van der Waals surface area contributed by atoms with Crippen LogP contribution >= 0.6 is 0 Å². The van der Waals surface area contributed by atoms with Crippen molar-refractivity contribution in [3.63, 3.8) is 0 Å². The van der Waals surface area contributed by atoms with E-state index in [9.17, 15) is 0 Å². The molecule has 0 saturated carbocycles. The van der Waals surface area contributed by atoms with Crippen molar-refractivity contribution in [2.45, 2.75) is 46.2 Å². The molecule has 0 aliphatic rings. The molecule has 20 heavy (non-hydrogen) atoms. The maximum absolute atomic E-state index is 4.22. The number of benzene rings is 1. The van der Waals surface area contributed by atoms with Crippen molar-refractivity contribution < 1.29 is 0 Å². The van der Waals surface area contributed by atoms with E-state index < -0.39 is 0 Å². The largest absolute Gasteiger partial charge is 0.305 e. The van der Waals surface area contributed by atoms with Gasteiger partial charge in [-0.1, -0.05) is 43.3 Å². The van der Waals surface area contributed by atoms with Gasteiger partial charge < -0.3 is 5.32 Å². The molecule has 1 N–H and O–H groups in total. The Hall–Kier alpha value is -1.68. The number of nitrogens with zero attached hydrogens (tertiary/aromatic N) is 3. The number of aromatic nitrogens is 3. The van der Waals surface area contributed by atoms with Crippen LogP contribution in [0.4, 0.5) is 0 Å². The maximum atomic E-state index is 4.22. The normalized spacial score (nSPS) is 12.6. The van der Waals surface area contributed by atoms with Gasteiger partial charge >= 0.3 is 0 Å². The monoisotopic (exact) mass is 272 g/mol. The zero-order valence-electron chi connectivity index (χ0n) is 12.6. The number of aryl methyl sites for hydroxylation is 2.